The predicted molar refractivity (Wildman–Crippen MR) is 75.5 cm³/mol. The van der Waals surface area contributed by atoms with Crippen molar-refractivity contribution in [2.24, 2.45) is 16.9 Å². The minimum Gasteiger partial charge on any atom is -0.465 e. The van der Waals surface area contributed by atoms with Crippen molar-refractivity contribution in [1.82, 2.24) is 9.91 Å². The summed E-state index contributed by atoms with van der Waals surface area (Å²) in [5.41, 5.74) is 0.642. The molecular formula is C14H23N3O3. The highest BCUT2D eigenvalue weighted by Crippen LogP contribution is 2.29. The molecule has 2 atom stereocenters. The Morgan fingerprint density at radius 3 is 2.90 bits per heavy atom. The number of hydrazone groups is 1. The standard InChI is InChI=1S/C14H23N3O3/c1-10-4-3-5-11(6-10)8-17-13(18)7-12(15-17)9-16(2)14(19)20/h10-11H,3-9H2,1-2H3,(H,19,20). The van der Waals surface area contributed by atoms with E-state index in [9.17, 15) is 9.59 Å². The first-order valence-electron chi connectivity index (χ1n) is 7.26. The second-order valence-corrected chi connectivity index (χ2v) is 6.10. The summed E-state index contributed by atoms with van der Waals surface area (Å²) in [6.45, 7) is 3.15. The van der Waals surface area contributed by atoms with Crippen LogP contribution in [0.25, 0.3) is 0 Å². The Balaban J connectivity index is 1.89. The minimum atomic E-state index is -1.00. The molecule has 1 fully saturated rings. The van der Waals surface area contributed by atoms with E-state index in [1.54, 1.807) is 5.01 Å². The van der Waals surface area contributed by atoms with E-state index in [0.717, 1.165) is 23.7 Å². The molecule has 2 rings (SSSR count). The third-order valence-corrected chi connectivity index (χ3v) is 4.13. The van der Waals surface area contributed by atoms with Crippen LogP contribution in [0.3, 0.4) is 0 Å². The largest absolute Gasteiger partial charge is 0.465 e. The van der Waals surface area contributed by atoms with Crippen LogP contribution in [0.5, 0.6) is 0 Å². The highest BCUT2D eigenvalue weighted by atomic mass is 16.4. The van der Waals surface area contributed by atoms with E-state index in [-0.39, 0.29) is 18.9 Å². The number of rotatable bonds is 4. The van der Waals surface area contributed by atoms with Gasteiger partial charge in [0.05, 0.1) is 18.7 Å². The molecule has 112 valence electrons. The second-order valence-electron chi connectivity index (χ2n) is 6.10. The van der Waals surface area contributed by atoms with Crippen LogP contribution in [0.1, 0.15) is 39.0 Å². The molecule has 0 radical (unpaired) electrons. The van der Waals surface area contributed by atoms with E-state index in [2.05, 4.69) is 12.0 Å². The summed E-state index contributed by atoms with van der Waals surface area (Å²) in [5, 5.41) is 14.7. The van der Waals surface area contributed by atoms with Crippen LogP contribution < -0.4 is 0 Å². The average Bonchev–Trinajstić information content (AvgIpc) is 2.69. The molecule has 2 aliphatic rings. The van der Waals surface area contributed by atoms with Crippen LogP contribution in [0.15, 0.2) is 5.10 Å². The maximum absolute atomic E-state index is 11.9. The van der Waals surface area contributed by atoms with E-state index >= 15 is 0 Å². The first-order valence-corrected chi connectivity index (χ1v) is 7.26. The molecule has 0 aromatic carbocycles. The lowest BCUT2D eigenvalue weighted by atomic mass is 9.82. The van der Waals surface area contributed by atoms with Crippen LogP contribution in [0.4, 0.5) is 4.79 Å². The quantitative estimate of drug-likeness (QED) is 0.856. The molecule has 1 N–H and O–H groups in total. The highest BCUT2D eigenvalue weighted by Gasteiger charge is 2.29. The second kappa shape index (κ2) is 6.24. The van der Waals surface area contributed by atoms with Crippen molar-refractivity contribution >= 4 is 17.7 Å². The molecule has 1 heterocycles. The van der Waals surface area contributed by atoms with Crippen molar-refractivity contribution in [3.8, 4) is 0 Å². The van der Waals surface area contributed by atoms with Crippen LogP contribution in [0, 0.1) is 11.8 Å². The molecule has 1 aliphatic heterocycles. The smallest absolute Gasteiger partial charge is 0.407 e. The first kappa shape index (κ1) is 14.8. The molecule has 0 aromatic rings. The van der Waals surface area contributed by atoms with Gasteiger partial charge in [0.25, 0.3) is 0 Å². The fraction of sp³-hybridized carbons (Fsp3) is 0.786. The predicted octanol–water partition coefficient (Wildman–Crippen LogP) is 2.01. The number of carboxylic acid groups (broad SMARTS) is 1. The van der Waals surface area contributed by atoms with Crippen molar-refractivity contribution < 1.29 is 14.7 Å². The Labute approximate surface area is 119 Å². The monoisotopic (exact) mass is 281 g/mol. The van der Waals surface area contributed by atoms with Gasteiger partial charge in [-0.1, -0.05) is 19.8 Å². The van der Waals surface area contributed by atoms with E-state index in [1.807, 2.05) is 0 Å². The normalized spacial score (nSPS) is 26.6. The number of carbonyl (C=O) groups is 2. The van der Waals surface area contributed by atoms with Gasteiger partial charge in [0, 0.05) is 13.6 Å². The van der Waals surface area contributed by atoms with E-state index in [0.29, 0.717) is 18.2 Å². The molecule has 0 saturated heterocycles. The van der Waals surface area contributed by atoms with Crippen LogP contribution in [-0.4, -0.2) is 52.9 Å². The van der Waals surface area contributed by atoms with Gasteiger partial charge >= 0.3 is 6.09 Å². The molecule has 1 aliphatic carbocycles. The maximum atomic E-state index is 11.9. The van der Waals surface area contributed by atoms with E-state index in [1.165, 1.54) is 19.9 Å². The molecule has 6 nitrogen and oxygen atoms in total. The number of hydrogen-bond donors (Lipinski definition) is 1. The highest BCUT2D eigenvalue weighted by molar-refractivity contribution is 6.06. The topological polar surface area (TPSA) is 73.2 Å². The molecule has 6 heteroatoms. The molecule has 2 amide bonds. The van der Waals surface area contributed by atoms with Gasteiger partial charge < -0.3 is 10.0 Å². The summed E-state index contributed by atoms with van der Waals surface area (Å²) < 4.78 is 0. The SMILES string of the molecule is CC1CCCC(CN2N=C(CN(C)C(=O)O)CC2=O)C1. The van der Waals surface area contributed by atoms with Crippen LogP contribution >= 0.6 is 0 Å². The van der Waals surface area contributed by atoms with Crippen molar-refractivity contribution in [2.45, 2.75) is 39.0 Å². The number of nitrogens with zero attached hydrogens (tertiary/aromatic N) is 3. The molecule has 0 bridgehead atoms. The van der Waals surface area contributed by atoms with Gasteiger partial charge in [-0.25, -0.2) is 9.80 Å². The van der Waals surface area contributed by atoms with Gasteiger partial charge in [-0.3, -0.25) is 4.79 Å². The van der Waals surface area contributed by atoms with Gasteiger partial charge in [0.2, 0.25) is 5.91 Å². The minimum absolute atomic E-state index is 0.00276. The molecule has 2 unspecified atom stereocenters. The summed E-state index contributed by atoms with van der Waals surface area (Å²) in [6.07, 6.45) is 4.08. The van der Waals surface area contributed by atoms with Crippen molar-refractivity contribution in [3.63, 3.8) is 0 Å². The summed E-state index contributed by atoms with van der Waals surface area (Å²) in [5.74, 6) is 1.26. The third-order valence-electron chi connectivity index (χ3n) is 4.13. The Morgan fingerprint density at radius 2 is 2.25 bits per heavy atom. The lowest BCUT2D eigenvalue weighted by Crippen LogP contribution is -2.30. The van der Waals surface area contributed by atoms with Crippen molar-refractivity contribution in [3.05, 3.63) is 0 Å². The van der Waals surface area contributed by atoms with Gasteiger partial charge in [-0.05, 0) is 24.7 Å². The van der Waals surface area contributed by atoms with Gasteiger partial charge in [-0.15, -0.1) is 0 Å². The van der Waals surface area contributed by atoms with Gasteiger partial charge in [-0.2, -0.15) is 5.10 Å². The molecule has 0 spiro atoms. The number of hydrogen-bond acceptors (Lipinski definition) is 3. The Bertz CT molecular complexity index is 422. The molecule has 20 heavy (non-hydrogen) atoms. The number of amides is 2. The summed E-state index contributed by atoms with van der Waals surface area (Å²) >= 11 is 0. The Hall–Kier alpha value is -1.59. The van der Waals surface area contributed by atoms with Crippen LogP contribution in [0.2, 0.25) is 0 Å². The van der Waals surface area contributed by atoms with E-state index in [4.69, 9.17) is 5.11 Å². The Kier molecular flexibility index (Phi) is 4.62. The Morgan fingerprint density at radius 1 is 1.50 bits per heavy atom. The molecule has 1 saturated carbocycles. The number of carbonyl (C=O) groups excluding carboxylic acids is 1. The zero-order valence-corrected chi connectivity index (χ0v) is 12.2. The summed E-state index contributed by atoms with van der Waals surface area (Å²) in [4.78, 5) is 23.9. The van der Waals surface area contributed by atoms with Gasteiger partial charge in [0.15, 0.2) is 0 Å². The molecular weight excluding hydrogens is 258 g/mol. The van der Waals surface area contributed by atoms with Crippen LogP contribution in [-0.2, 0) is 4.79 Å². The maximum Gasteiger partial charge on any atom is 0.407 e. The lowest BCUT2D eigenvalue weighted by molar-refractivity contribution is -0.129. The third kappa shape index (κ3) is 3.71. The average molecular weight is 281 g/mol. The van der Waals surface area contributed by atoms with E-state index < -0.39 is 6.09 Å². The fourth-order valence-electron chi connectivity index (χ4n) is 3.07. The lowest BCUT2D eigenvalue weighted by Gasteiger charge is -2.28. The van der Waals surface area contributed by atoms with Crippen molar-refractivity contribution in [1.29, 1.82) is 0 Å². The summed E-state index contributed by atoms with van der Waals surface area (Å²) in [6, 6.07) is 0. The fourth-order valence-corrected chi connectivity index (χ4v) is 3.07. The van der Waals surface area contributed by atoms with Gasteiger partial charge in [0.1, 0.15) is 0 Å². The van der Waals surface area contributed by atoms with Crippen molar-refractivity contribution in [2.75, 3.05) is 20.1 Å². The molecule has 0 aromatic heterocycles. The zero-order valence-electron chi connectivity index (χ0n) is 12.2. The summed E-state index contributed by atoms with van der Waals surface area (Å²) in [7, 11) is 1.49. The zero-order chi connectivity index (χ0) is 14.7. The first-order chi connectivity index (χ1) is 9.45.